The van der Waals surface area contributed by atoms with Crippen molar-refractivity contribution in [3.05, 3.63) is 137 Å². The summed E-state index contributed by atoms with van der Waals surface area (Å²) in [4.78, 5) is 45.3. The van der Waals surface area contributed by atoms with E-state index >= 15 is 0 Å². The van der Waals surface area contributed by atoms with E-state index in [2.05, 4.69) is 82.4 Å². The number of carbonyl (C=O) groups is 3. The number of aryl methyl sites for hydroxylation is 1. The van der Waals surface area contributed by atoms with Gasteiger partial charge in [-0.25, -0.2) is 0 Å². The van der Waals surface area contributed by atoms with Crippen molar-refractivity contribution in [3.63, 3.8) is 0 Å². The summed E-state index contributed by atoms with van der Waals surface area (Å²) in [5, 5.41) is 12.9. The number of nitrogens with zero attached hydrogens (tertiary/aromatic N) is 3. The molecule has 5 atom stereocenters. The molecule has 5 aliphatic rings. The maximum absolute atomic E-state index is 13.4. The fraction of sp³-hybridized carbons (Fsp3) is 0.370. The van der Waals surface area contributed by atoms with Gasteiger partial charge in [0.05, 0.1) is 17.7 Å². The minimum atomic E-state index is -0.797. The van der Waals surface area contributed by atoms with Crippen molar-refractivity contribution < 1.29 is 24.2 Å². The summed E-state index contributed by atoms with van der Waals surface area (Å²) >= 11 is 0. The van der Waals surface area contributed by atoms with E-state index in [0.29, 0.717) is 59.8 Å². The first-order valence-corrected chi connectivity index (χ1v) is 19.9. The third kappa shape index (κ3) is 6.79. The molecule has 0 aromatic heterocycles. The number of imide groups is 1. The van der Waals surface area contributed by atoms with Gasteiger partial charge >= 0.3 is 0 Å². The van der Waals surface area contributed by atoms with E-state index < -0.39 is 11.9 Å². The number of hydrogen-bond acceptors (Lipinski definition) is 7. The largest absolute Gasteiger partial charge is 0.508 e. The van der Waals surface area contributed by atoms with Crippen LogP contribution in [-0.4, -0.2) is 78.0 Å². The second-order valence-electron chi connectivity index (χ2n) is 16.1. The Morgan fingerprint density at radius 1 is 0.764 bits per heavy atom. The number of aromatic hydroxyl groups is 1. The maximum Gasteiger partial charge on any atom is 0.262 e. The molecule has 4 heterocycles. The van der Waals surface area contributed by atoms with Crippen molar-refractivity contribution >= 4 is 23.4 Å². The molecule has 4 aromatic rings. The number of phenols is 1. The second-order valence-corrected chi connectivity index (χ2v) is 16.1. The van der Waals surface area contributed by atoms with Crippen LogP contribution in [0.1, 0.15) is 86.9 Å². The average Bonchev–Trinajstić information content (AvgIpc) is 3.85. The van der Waals surface area contributed by atoms with E-state index in [9.17, 15) is 19.5 Å². The molecule has 282 valence electrons. The highest BCUT2D eigenvalue weighted by Gasteiger charge is 2.45. The fourth-order valence-electron chi connectivity index (χ4n) is 9.90. The van der Waals surface area contributed by atoms with E-state index in [1.807, 2.05) is 24.3 Å². The maximum atomic E-state index is 13.4. The molecule has 1 aliphatic carbocycles. The van der Waals surface area contributed by atoms with Gasteiger partial charge in [-0.05, 0) is 128 Å². The quantitative estimate of drug-likeness (QED) is 0.135. The van der Waals surface area contributed by atoms with Gasteiger partial charge in [0.25, 0.3) is 11.8 Å². The summed E-state index contributed by atoms with van der Waals surface area (Å²) in [6.07, 6.45) is 5.02. The lowest BCUT2D eigenvalue weighted by molar-refractivity contribution is -0.125. The van der Waals surface area contributed by atoms with Gasteiger partial charge in [-0.3, -0.25) is 19.3 Å². The first-order chi connectivity index (χ1) is 26.8. The number of hydrogen-bond donors (Lipinski definition) is 2. The Balaban J connectivity index is 0.747. The van der Waals surface area contributed by atoms with Crippen LogP contribution < -0.4 is 15.0 Å². The van der Waals surface area contributed by atoms with Crippen molar-refractivity contribution in [1.82, 2.24) is 15.1 Å². The third-order valence-corrected chi connectivity index (χ3v) is 12.7. The lowest BCUT2D eigenvalue weighted by Crippen LogP contribution is -2.51. The summed E-state index contributed by atoms with van der Waals surface area (Å²) in [5.41, 5.74) is 7.52. The summed E-state index contributed by atoms with van der Waals surface area (Å²) in [7, 11) is 0. The number of anilines is 1. The fourth-order valence-corrected chi connectivity index (χ4v) is 9.90. The zero-order valence-electron chi connectivity index (χ0n) is 31.2. The minimum Gasteiger partial charge on any atom is -0.508 e. The number of likely N-dealkylation sites (tertiary alicyclic amines) is 1. The van der Waals surface area contributed by atoms with E-state index in [1.165, 1.54) is 22.3 Å². The molecule has 0 spiro atoms. The standard InChI is InChI=1S/C46H48N4O5/c1-29-9-20-42(44(52)47-29)50-45(53)40-18-13-35(24-41(40)46(50)54)49-27-33-25-48(26-34(33)28-49)21-5-6-22-55-37-15-10-31(11-16-37)43-38(30-7-3-2-4-8-30)17-12-32-23-36(51)14-19-39(32)43/h2-4,7-8,10-11,13-16,18-19,23-24,33-34,38,42-43,51H,1,5-6,9,12,17,20-22,25-28H2,(H,47,52)/t33-,34+,38-,42?,43+/m0/s1. The van der Waals surface area contributed by atoms with E-state index in [1.54, 1.807) is 6.07 Å². The smallest absolute Gasteiger partial charge is 0.262 e. The highest BCUT2D eigenvalue weighted by molar-refractivity contribution is 6.23. The molecule has 4 aromatic carbocycles. The van der Waals surface area contributed by atoms with Crippen LogP contribution in [0.4, 0.5) is 5.69 Å². The van der Waals surface area contributed by atoms with Gasteiger partial charge in [0, 0.05) is 43.5 Å². The lowest BCUT2D eigenvalue weighted by atomic mass is 9.69. The lowest BCUT2D eigenvalue weighted by Gasteiger charge is -2.34. The number of phenolic OH excluding ortho intramolecular Hbond substituents is 1. The number of fused-ring (bicyclic) bond motifs is 3. The van der Waals surface area contributed by atoms with Crippen molar-refractivity contribution in [2.24, 2.45) is 11.8 Å². The molecule has 0 radical (unpaired) electrons. The summed E-state index contributed by atoms with van der Waals surface area (Å²) in [5.74, 6) is 1.85. The molecule has 9 nitrogen and oxygen atoms in total. The number of ether oxygens (including phenoxy) is 1. The molecule has 3 fully saturated rings. The SMILES string of the molecule is C=C1CCC(N2C(=O)c3ccc(N4C[C@H]5CN(CCCCOc6ccc([C@H]7c8ccc(O)cc8CC[C@H]7c7ccccc7)cc6)C[C@H]5C4)cc3C2=O)C(=O)N1. The first-order valence-electron chi connectivity index (χ1n) is 19.9. The Labute approximate surface area is 322 Å². The Morgan fingerprint density at radius 2 is 1.53 bits per heavy atom. The van der Waals surface area contributed by atoms with Crippen LogP contribution >= 0.6 is 0 Å². The number of benzene rings is 4. The molecule has 9 rings (SSSR count). The average molecular weight is 737 g/mol. The molecule has 0 saturated carbocycles. The van der Waals surface area contributed by atoms with Gasteiger partial charge in [-0.2, -0.15) is 0 Å². The molecule has 3 amide bonds. The van der Waals surface area contributed by atoms with E-state index in [-0.39, 0.29) is 17.7 Å². The first kappa shape index (κ1) is 35.3. The highest BCUT2D eigenvalue weighted by Crippen LogP contribution is 2.47. The number of unbranched alkanes of at least 4 members (excludes halogenated alkanes) is 1. The number of rotatable bonds is 10. The third-order valence-electron chi connectivity index (χ3n) is 12.7. The van der Waals surface area contributed by atoms with Crippen LogP contribution in [0.2, 0.25) is 0 Å². The Morgan fingerprint density at radius 3 is 2.29 bits per heavy atom. The normalized spacial score (nSPS) is 24.8. The molecule has 4 aliphatic heterocycles. The van der Waals surface area contributed by atoms with Gasteiger partial charge in [0.1, 0.15) is 17.5 Å². The van der Waals surface area contributed by atoms with Crippen LogP contribution in [0.15, 0.2) is 103 Å². The predicted molar refractivity (Wildman–Crippen MR) is 212 cm³/mol. The Hall–Kier alpha value is -5.41. The molecule has 0 bridgehead atoms. The molecule has 3 saturated heterocycles. The monoisotopic (exact) mass is 736 g/mol. The molecule has 2 N–H and O–H groups in total. The van der Waals surface area contributed by atoms with Crippen molar-refractivity contribution in [1.29, 1.82) is 0 Å². The van der Waals surface area contributed by atoms with E-state index in [0.717, 1.165) is 74.7 Å². The molecular weight excluding hydrogens is 689 g/mol. The molecule has 1 unspecified atom stereocenters. The zero-order chi connectivity index (χ0) is 37.6. The summed E-state index contributed by atoms with van der Waals surface area (Å²) in [6, 6.07) is 30.1. The van der Waals surface area contributed by atoms with Crippen molar-refractivity contribution in [2.75, 3.05) is 44.2 Å². The van der Waals surface area contributed by atoms with Crippen LogP contribution in [0, 0.1) is 11.8 Å². The second kappa shape index (κ2) is 14.7. The van der Waals surface area contributed by atoms with Gasteiger partial charge in [0.2, 0.25) is 5.91 Å². The van der Waals surface area contributed by atoms with Crippen molar-refractivity contribution in [2.45, 2.75) is 56.4 Å². The Kier molecular flexibility index (Phi) is 9.42. The van der Waals surface area contributed by atoms with E-state index in [4.69, 9.17) is 4.74 Å². The number of piperidine rings is 1. The summed E-state index contributed by atoms with van der Waals surface area (Å²) in [6.45, 7) is 9.54. The van der Waals surface area contributed by atoms with Crippen LogP contribution in [-0.2, 0) is 11.2 Å². The van der Waals surface area contributed by atoms with Gasteiger partial charge < -0.3 is 25.0 Å². The number of nitrogens with one attached hydrogen (secondary N) is 1. The molecule has 55 heavy (non-hydrogen) atoms. The Bertz CT molecular complexity index is 2120. The number of amides is 3. The van der Waals surface area contributed by atoms with Crippen LogP contribution in [0.3, 0.4) is 0 Å². The highest BCUT2D eigenvalue weighted by atomic mass is 16.5. The molecular formula is C46H48N4O5. The topological polar surface area (TPSA) is 102 Å². The van der Waals surface area contributed by atoms with Gasteiger partial charge in [-0.1, -0.05) is 55.1 Å². The zero-order valence-corrected chi connectivity index (χ0v) is 31.2. The van der Waals surface area contributed by atoms with Gasteiger partial charge in [-0.15, -0.1) is 0 Å². The number of carbonyl (C=O) groups excluding carboxylic acids is 3. The summed E-state index contributed by atoms with van der Waals surface area (Å²) < 4.78 is 6.21. The van der Waals surface area contributed by atoms with Gasteiger partial charge in [0.15, 0.2) is 0 Å². The minimum absolute atomic E-state index is 0.223. The van der Waals surface area contributed by atoms with Crippen LogP contribution in [0.25, 0.3) is 0 Å². The molecule has 9 heteroatoms. The number of allylic oxidation sites excluding steroid dienone is 1. The van der Waals surface area contributed by atoms with Crippen molar-refractivity contribution in [3.8, 4) is 11.5 Å². The van der Waals surface area contributed by atoms with Crippen LogP contribution in [0.5, 0.6) is 11.5 Å². The predicted octanol–water partition coefficient (Wildman–Crippen LogP) is 6.87.